The van der Waals surface area contributed by atoms with Gasteiger partial charge in [0.1, 0.15) is 0 Å². The molecule has 0 saturated heterocycles. The van der Waals surface area contributed by atoms with Crippen molar-refractivity contribution in [2.45, 2.75) is 51.5 Å². The molecule has 1 heteroatoms. The lowest BCUT2D eigenvalue weighted by molar-refractivity contribution is 0.121. The van der Waals surface area contributed by atoms with Crippen molar-refractivity contribution in [1.82, 2.24) is 4.90 Å². The summed E-state index contributed by atoms with van der Waals surface area (Å²) in [6.07, 6.45) is 8.79. The minimum atomic E-state index is 0.977. The molecule has 2 saturated carbocycles. The van der Waals surface area contributed by atoms with Crippen LogP contribution in [0.15, 0.2) is 0 Å². The predicted molar refractivity (Wildman–Crippen MR) is 52.2 cm³/mol. The smallest absolute Gasteiger partial charge is 0.00953 e. The first kappa shape index (κ1) is 8.55. The fourth-order valence-electron chi connectivity index (χ4n) is 2.09. The first-order valence-corrected chi connectivity index (χ1v) is 5.64. The van der Waals surface area contributed by atoms with Gasteiger partial charge in [0.2, 0.25) is 0 Å². The van der Waals surface area contributed by atoms with Crippen molar-refractivity contribution in [3.63, 3.8) is 0 Å². The van der Waals surface area contributed by atoms with Gasteiger partial charge in [0.25, 0.3) is 0 Å². The molecule has 0 aromatic rings. The van der Waals surface area contributed by atoms with Crippen LogP contribution in [-0.4, -0.2) is 24.0 Å². The molecule has 2 fully saturated rings. The quantitative estimate of drug-likeness (QED) is 0.608. The highest BCUT2D eigenvalue weighted by Gasteiger charge is 2.30. The molecule has 0 aromatic carbocycles. The number of nitrogens with zero attached hydrogens (tertiary/aromatic N) is 1. The van der Waals surface area contributed by atoms with E-state index in [1.807, 2.05) is 0 Å². The third-order valence-corrected chi connectivity index (χ3v) is 3.29. The second kappa shape index (κ2) is 3.78. The maximum Gasteiger partial charge on any atom is 0.00953 e. The summed E-state index contributed by atoms with van der Waals surface area (Å²) in [6, 6.07) is 0.977. The van der Waals surface area contributed by atoms with Gasteiger partial charge >= 0.3 is 0 Å². The molecule has 0 atom stereocenters. The van der Waals surface area contributed by atoms with Gasteiger partial charge in [-0.1, -0.05) is 13.3 Å². The molecular weight excluding hydrogens is 146 g/mol. The molecule has 0 bridgehead atoms. The lowest BCUT2D eigenvalue weighted by Crippen LogP contribution is -2.41. The molecular formula is C11H21N. The van der Waals surface area contributed by atoms with E-state index in [0.717, 1.165) is 12.0 Å². The maximum atomic E-state index is 2.75. The van der Waals surface area contributed by atoms with Crippen LogP contribution in [0, 0.1) is 5.92 Å². The van der Waals surface area contributed by atoms with Gasteiger partial charge in [-0.05, 0) is 44.6 Å². The third-order valence-electron chi connectivity index (χ3n) is 3.29. The summed E-state index contributed by atoms with van der Waals surface area (Å²) in [5.41, 5.74) is 0. The Morgan fingerprint density at radius 1 is 1.17 bits per heavy atom. The molecule has 12 heavy (non-hydrogen) atoms. The van der Waals surface area contributed by atoms with E-state index in [9.17, 15) is 0 Å². The molecule has 1 nitrogen and oxygen atoms in total. The van der Waals surface area contributed by atoms with Crippen molar-refractivity contribution in [2.24, 2.45) is 5.92 Å². The number of hydrogen-bond donors (Lipinski definition) is 0. The van der Waals surface area contributed by atoms with Gasteiger partial charge in [-0.2, -0.15) is 0 Å². The van der Waals surface area contributed by atoms with Crippen molar-refractivity contribution >= 4 is 0 Å². The molecule has 0 amide bonds. The Kier molecular flexibility index (Phi) is 2.69. The largest absolute Gasteiger partial charge is 0.300 e. The molecule has 0 aromatic heterocycles. The van der Waals surface area contributed by atoms with E-state index in [1.54, 1.807) is 0 Å². The van der Waals surface area contributed by atoms with Crippen molar-refractivity contribution in [1.29, 1.82) is 0 Å². The zero-order chi connectivity index (χ0) is 8.39. The molecule has 2 aliphatic rings. The van der Waals surface area contributed by atoms with Crippen LogP contribution >= 0.6 is 0 Å². The van der Waals surface area contributed by atoms with Gasteiger partial charge in [0, 0.05) is 12.6 Å². The van der Waals surface area contributed by atoms with Crippen LogP contribution in [0.25, 0.3) is 0 Å². The summed E-state index contributed by atoms with van der Waals surface area (Å²) in [5, 5.41) is 0. The Bertz CT molecular complexity index is 136. The minimum absolute atomic E-state index is 0.977. The Morgan fingerprint density at radius 2 is 1.92 bits per heavy atom. The molecule has 0 radical (unpaired) electrons. The average molecular weight is 167 g/mol. The molecule has 0 aliphatic heterocycles. The number of hydrogen-bond acceptors (Lipinski definition) is 1. The summed E-state index contributed by atoms with van der Waals surface area (Å²) in [5.74, 6) is 1.08. The summed E-state index contributed by atoms with van der Waals surface area (Å²) >= 11 is 0. The van der Waals surface area contributed by atoms with Crippen molar-refractivity contribution in [2.75, 3.05) is 13.1 Å². The van der Waals surface area contributed by atoms with E-state index >= 15 is 0 Å². The van der Waals surface area contributed by atoms with E-state index in [4.69, 9.17) is 0 Å². The third kappa shape index (κ3) is 2.01. The number of rotatable bonds is 5. The Labute approximate surface area is 76.1 Å². The highest BCUT2D eigenvalue weighted by atomic mass is 15.2. The Hall–Kier alpha value is -0.0400. The molecule has 0 heterocycles. The fourth-order valence-corrected chi connectivity index (χ4v) is 2.09. The average Bonchev–Trinajstić information content (AvgIpc) is 2.68. The van der Waals surface area contributed by atoms with Crippen LogP contribution < -0.4 is 0 Å². The Morgan fingerprint density at radius 3 is 2.33 bits per heavy atom. The summed E-state index contributed by atoms with van der Waals surface area (Å²) in [4.78, 5) is 2.75. The van der Waals surface area contributed by atoms with Gasteiger partial charge in [0.05, 0.1) is 0 Å². The second-order valence-electron chi connectivity index (χ2n) is 4.52. The second-order valence-corrected chi connectivity index (χ2v) is 4.52. The first-order chi connectivity index (χ1) is 5.90. The maximum absolute atomic E-state index is 2.75. The van der Waals surface area contributed by atoms with E-state index in [2.05, 4.69) is 11.8 Å². The van der Waals surface area contributed by atoms with Gasteiger partial charge in [-0.15, -0.1) is 0 Å². The van der Waals surface area contributed by atoms with Crippen LogP contribution in [0.4, 0.5) is 0 Å². The van der Waals surface area contributed by atoms with Gasteiger partial charge in [-0.3, -0.25) is 0 Å². The monoisotopic (exact) mass is 167 g/mol. The highest BCUT2D eigenvalue weighted by Crippen LogP contribution is 2.33. The van der Waals surface area contributed by atoms with Crippen LogP contribution in [0.2, 0.25) is 0 Å². The molecule has 70 valence electrons. The van der Waals surface area contributed by atoms with Gasteiger partial charge in [-0.25, -0.2) is 0 Å². The van der Waals surface area contributed by atoms with E-state index in [-0.39, 0.29) is 0 Å². The molecule has 0 N–H and O–H groups in total. The molecule has 2 rings (SSSR count). The van der Waals surface area contributed by atoms with Crippen LogP contribution in [0.5, 0.6) is 0 Å². The summed E-state index contributed by atoms with van der Waals surface area (Å²) < 4.78 is 0. The molecule has 0 unspecified atom stereocenters. The summed E-state index contributed by atoms with van der Waals surface area (Å²) in [7, 11) is 0. The predicted octanol–water partition coefficient (Wildman–Crippen LogP) is 2.66. The standard InChI is InChI=1S/C11H21N/c1-2-8-12(9-10-6-7-10)11-4-3-5-11/h10-11H,2-9H2,1H3. The lowest BCUT2D eigenvalue weighted by atomic mass is 9.91. The minimum Gasteiger partial charge on any atom is -0.300 e. The van der Waals surface area contributed by atoms with Crippen LogP contribution in [0.3, 0.4) is 0 Å². The van der Waals surface area contributed by atoms with Gasteiger partial charge in [0.15, 0.2) is 0 Å². The topological polar surface area (TPSA) is 3.24 Å². The van der Waals surface area contributed by atoms with E-state index < -0.39 is 0 Å². The Balaban J connectivity index is 1.74. The van der Waals surface area contributed by atoms with E-state index in [1.165, 1.54) is 51.6 Å². The highest BCUT2D eigenvalue weighted by molar-refractivity contribution is 4.84. The van der Waals surface area contributed by atoms with Crippen LogP contribution in [0.1, 0.15) is 45.4 Å². The molecule has 0 spiro atoms. The zero-order valence-electron chi connectivity index (χ0n) is 8.26. The zero-order valence-corrected chi connectivity index (χ0v) is 8.26. The SMILES string of the molecule is CCCN(CC1CC1)C1CCC1. The van der Waals surface area contributed by atoms with Gasteiger partial charge < -0.3 is 4.90 Å². The van der Waals surface area contributed by atoms with Crippen molar-refractivity contribution < 1.29 is 0 Å². The lowest BCUT2D eigenvalue weighted by Gasteiger charge is -2.37. The normalized spacial score (nSPS) is 24.5. The van der Waals surface area contributed by atoms with Crippen molar-refractivity contribution in [3.05, 3.63) is 0 Å². The van der Waals surface area contributed by atoms with E-state index in [0.29, 0.717) is 0 Å². The first-order valence-electron chi connectivity index (χ1n) is 5.64. The molecule has 2 aliphatic carbocycles. The summed E-state index contributed by atoms with van der Waals surface area (Å²) in [6.45, 7) is 5.07. The van der Waals surface area contributed by atoms with Crippen LogP contribution in [-0.2, 0) is 0 Å². The fraction of sp³-hybridized carbons (Fsp3) is 1.00. The van der Waals surface area contributed by atoms with Crippen molar-refractivity contribution in [3.8, 4) is 0 Å².